The van der Waals surface area contributed by atoms with Crippen molar-refractivity contribution >= 4 is 29.2 Å². The fraction of sp³-hybridized carbons (Fsp3) is 0.355. The average molecular weight is 546 g/mol. The highest BCUT2D eigenvalue weighted by Crippen LogP contribution is 2.28. The molecule has 1 heterocycles. The number of aryl methyl sites for hydroxylation is 2. The second-order valence-corrected chi connectivity index (χ2v) is 10.6. The molecular weight excluding hydrogens is 506 g/mol. The number of pyridine rings is 1. The van der Waals surface area contributed by atoms with Crippen LogP contribution in [0.25, 0.3) is 11.3 Å². The van der Waals surface area contributed by atoms with Crippen molar-refractivity contribution < 1.29 is 19.1 Å². The predicted octanol–water partition coefficient (Wildman–Crippen LogP) is 6.27. The third kappa shape index (κ3) is 8.56. The summed E-state index contributed by atoms with van der Waals surface area (Å²) >= 11 is 0. The monoisotopic (exact) mass is 545 g/mol. The van der Waals surface area contributed by atoms with Crippen LogP contribution in [-0.2, 0) is 4.74 Å². The van der Waals surface area contributed by atoms with Gasteiger partial charge < -0.3 is 31.3 Å². The highest BCUT2D eigenvalue weighted by atomic mass is 16.6. The number of amides is 2. The smallest absolute Gasteiger partial charge is 0.407 e. The predicted molar refractivity (Wildman–Crippen MR) is 159 cm³/mol. The van der Waals surface area contributed by atoms with Crippen molar-refractivity contribution in [3.63, 3.8) is 0 Å². The van der Waals surface area contributed by atoms with Gasteiger partial charge in [0.05, 0.1) is 12.3 Å². The summed E-state index contributed by atoms with van der Waals surface area (Å²) in [6.07, 6.45) is 0.692. The topological polar surface area (TPSA) is 139 Å². The summed E-state index contributed by atoms with van der Waals surface area (Å²) in [5, 5.41) is 13.7. The quantitative estimate of drug-likeness (QED) is 0.175. The first-order chi connectivity index (χ1) is 18.9. The van der Waals surface area contributed by atoms with Crippen molar-refractivity contribution in [3.8, 4) is 17.0 Å². The number of hydrogen-bond donors (Lipinski definition) is 4. The van der Waals surface area contributed by atoms with Crippen molar-refractivity contribution in [1.29, 1.82) is 5.41 Å². The number of benzene rings is 2. The van der Waals surface area contributed by atoms with E-state index in [0.717, 1.165) is 16.7 Å². The molecule has 3 rings (SSSR count). The Morgan fingerprint density at radius 1 is 1.05 bits per heavy atom. The first-order valence-electron chi connectivity index (χ1n) is 13.3. The Bertz CT molecular complexity index is 1390. The fourth-order valence-corrected chi connectivity index (χ4v) is 3.98. The number of nitrogens with zero attached hydrogens (tertiary/aromatic N) is 1. The molecule has 0 spiro atoms. The van der Waals surface area contributed by atoms with Crippen LogP contribution in [-0.4, -0.2) is 41.4 Å². The van der Waals surface area contributed by atoms with E-state index in [1.807, 2.05) is 77.9 Å². The number of aromatic nitrogens is 1. The lowest BCUT2D eigenvalue weighted by Crippen LogP contribution is -2.33. The van der Waals surface area contributed by atoms with Gasteiger partial charge in [0.1, 0.15) is 17.2 Å². The third-order valence-electron chi connectivity index (χ3n) is 5.95. The largest absolute Gasteiger partial charge is 0.493 e. The van der Waals surface area contributed by atoms with Crippen molar-refractivity contribution in [2.75, 3.05) is 24.2 Å². The second kappa shape index (κ2) is 13.1. The third-order valence-corrected chi connectivity index (χ3v) is 5.95. The van der Waals surface area contributed by atoms with Gasteiger partial charge in [0, 0.05) is 34.6 Å². The van der Waals surface area contributed by atoms with E-state index < -0.39 is 11.7 Å². The van der Waals surface area contributed by atoms with Gasteiger partial charge in [-0.2, -0.15) is 0 Å². The van der Waals surface area contributed by atoms with E-state index in [-0.39, 0.29) is 5.91 Å². The second-order valence-electron chi connectivity index (χ2n) is 10.6. The summed E-state index contributed by atoms with van der Waals surface area (Å²) < 4.78 is 11.1. The van der Waals surface area contributed by atoms with Crippen LogP contribution in [0.1, 0.15) is 67.6 Å². The number of ether oxygens (including phenoxy) is 2. The average Bonchev–Trinajstić information content (AvgIpc) is 2.87. The van der Waals surface area contributed by atoms with Gasteiger partial charge in [0.15, 0.2) is 0 Å². The van der Waals surface area contributed by atoms with Gasteiger partial charge in [-0.1, -0.05) is 13.0 Å². The summed E-state index contributed by atoms with van der Waals surface area (Å²) in [5.74, 6) is 0.615. The Labute approximate surface area is 236 Å². The van der Waals surface area contributed by atoms with Gasteiger partial charge in [-0.05, 0) is 101 Å². The molecule has 0 saturated heterocycles. The summed E-state index contributed by atoms with van der Waals surface area (Å²) in [6.45, 7) is 12.0. The molecule has 0 aliphatic rings. The molecule has 0 atom stereocenters. The number of nitrogens with one attached hydrogen (secondary N) is 3. The lowest BCUT2D eigenvalue weighted by Gasteiger charge is -2.19. The Hall–Kier alpha value is -4.40. The minimum Gasteiger partial charge on any atom is -0.493 e. The highest BCUT2D eigenvalue weighted by Gasteiger charge is 2.16. The van der Waals surface area contributed by atoms with Crippen LogP contribution in [0.5, 0.6) is 5.75 Å². The molecule has 0 unspecified atom stereocenters. The number of carbonyl (C=O) groups excluding carboxylic acids is 2. The van der Waals surface area contributed by atoms with E-state index in [1.54, 1.807) is 12.1 Å². The van der Waals surface area contributed by atoms with Crippen LogP contribution in [0.3, 0.4) is 0 Å². The molecule has 0 fully saturated rings. The van der Waals surface area contributed by atoms with Crippen molar-refractivity contribution in [1.82, 2.24) is 10.3 Å². The van der Waals surface area contributed by atoms with Crippen molar-refractivity contribution in [3.05, 3.63) is 70.8 Å². The normalized spacial score (nSPS) is 11.1. The summed E-state index contributed by atoms with van der Waals surface area (Å²) in [6, 6.07) is 14.6. The lowest BCUT2D eigenvalue weighted by molar-refractivity contribution is 0.0525. The number of alkyl carbamates (subject to hydrolysis) is 1. The van der Waals surface area contributed by atoms with E-state index >= 15 is 0 Å². The first-order valence-corrected chi connectivity index (χ1v) is 13.3. The van der Waals surface area contributed by atoms with E-state index in [0.29, 0.717) is 65.8 Å². The van der Waals surface area contributed by atoms with Crippen molar-refractivity contribution in [2.24, 2.45) is 0 Å². The lowest BCUT2D eigenvalue weighted by atomic mass is 10.0. The summed E-state index contributed by atoms with van der Waals surface area (Å²) in [7, 11) is 0. The molecule has 9 heteroatoms. The molecule has 212 valence electrons. The number of nitrogen functional groups attached to an aromatic ring is 1. The minimum absolute atomic E-state index is 0.269. The number of carbonyl (C=O) groups is 2. The highest BCUT2D eigenvalue weighted by molar-refractivity contribution is 6.05. The minimum atomic E-state index is -0.546. The molecule has 0 aliphatic carbocycles. The maximum absolute atomic E-state index is 13.1. The van der Waals surface area contributed by atoms with Crippen LogP contribution >= 0.6 is 0 Å². The molecule has 0 bridgehead atoms. The number of nitrogens with two attached hydrogens (primary N) is 1. The molecule has 9 nitrogen and oxygen atoms in total. The zero-order valence-corrected chi connectivity index (χ0v) is 24.1. The van der Waals surface area contributed by atoms with E-state index in [4.69, 9.17) is 20.6 Å². The summed E-state index contributed by atoms with van der Waals surface area (Å²) in [5.41, 5.74) is 11.1. The molecular formula is C31H39N5O4. The molecule has 0 radical (unpaired) electrons. The maximum atomic E-state index is 13.1. The van der Waals surface area contributed by atoms with E-state index in [2.05, 4.69) is 15.6 Å². The molecule has 1 aromatic heterocycles. The number of rotatable bonds is 10. The molecule has 0 aliphatic heterocycles. The molecule has 0 saturated carbocycles. The van der Waals surface area contributed by atoms with Crippen LogP contribution < -0.4 is 21.1 Å². The van der Waals surface area contributed by atoms with E-state index in [9.17, 15) is 9.59 Å². The van der Waals surface area contributed by atoms with Gasteiger partial charge >= 0.3 is 6.09 Å². The van der Waals surface area contributed by atoms with Gasteiger partial charge in [-0.15, -0.1) is 0 Å². The molecule has 2 amide bonds. The van der Waals surface area contributed by atoms with E-state index in [1.165, 1.54) is 0 Å². The Morgan fingerprint density at radius 2 is 1.80 bits per heavy atom. The standard InChI is InChI=1S/C31H39N5O4/c1-7-26(32)24-11-12-27(36-28(24)33)25-18-22(10-9-20(25)3)35-29(37)21-15-19(2)16-23(17-21)39-14-8-13-34-30(38)40-31(4,5)6/h9-12,15-18,32H,7-8,13-14H2,1-6H3,(H2,33,36)(H,34,38)(H,35,37). The van der Waals surface area contributed by atoms with Crippen LogP contribution in [0, 0.1) is 19.3 Å². The SMILES string of the molecule is CCC(=N)c1ccc(-c2cc(NC(=O)c3cc(C)cc(OCCCNC(=O)OC(C)(C)C)c3)ccc2C)nc1N. The first kappa shape index (κ1) is 30.1. The summed E-state index contributed by atoms with van der Waals surface area (Å²) in [4.78, 5) is 29.4. The molecule has 5 N–H and O–H groups in total. The van der Waals surface area contributed by atoms with Gasteiger partial charge in [-0.3, -0.25) is 4.79 Å². The van der Waals surface area contributed by atoms with Crippen LogP contribution in [0.15, 0.2) is 48.5 Å². The van der Waals surface area contributed by atoms with Crippen molar-refractivity contribution in [2.45, 2.75) is 60.0 Å². The zero-order valence-electron chi connectivity index (χ0n) is 24.1. The Balaban J connectivity index is 1.65. The van der Waals surface area contributed by atoms with Crippen LogP contribution in [0.4, 0.5) is 16.3 Å². The van der Waals surface area contributed by atoms with Crippen LogP contribution in [0.2, 0.25) is 0 Å². The number of hydrogen-bond acceptors (Lipinski definition) is 7. The maximum Gasteiger partial charge on any atom is 0.407 e. The molecule has 2 aromatic carbocycles. The Morgan fingerprint density at radius 3 is 2.48 bits per heavy atom. The number of anilines is 2. The molecule has 40 heavy (non-hydrogen) atoms. The van der Waals surface area contributed by atoms with Gasteiger partial charge in [-0.25, -0.2) is 9.78 Å². The molecule has 3 aromatic rings. The Kier molecular flexibility index (Phi) is 9.87. The van der Waals surface area contributed by atoms with Gasteiger partial charge in [0.25, 0.3) is 5.91 Å². The fourth-order valence-electron chi connectivity index (χ4n) is 3.98. The van der Waals surface area contributed by atoms with Gasteiger partial charge in [0.2, 0.25) is 0 Å². The zero-order chi connectivity index (χ0) is 29.4.